The predicted molar refractivity (Wildman–Crippen MR) is 99.9 cm³/mol. The average molecular weight is 365 g/mol. The van der Waals surface area contributed by atoms with Crippen LogP contribution in [0.1, 0.15) is 43.6 Å². The number of carbonyl (C=O) groups is 1. The molecule has 0 radical (unpaired) electrons. The fourth-order valence-electron chi connectivity index (χ4n) is 3.85. The summed E-state index contributed by atoms with van der Waals surface area (Å²) in [6.45, 7) is 0.678. The highest BCUT2D eigenvalue weighted by molar-refractivity contribution is 5.76. The van der Waals surface area contributed by atoms with Gasteiger partial charge in [0, 0.05) is 24.8 Å². The maximum Gasteiger partial charge on any atom is 0.238 e. The number of carbonyl (C=O) groups excluding carboxylic acids is 1. The Kier molecular flexibility index (Phi) is 5.05. The molecule has 4 rings (SSSR count). The van der Waals surface area contributed by atoms with Crippen LogP contribution in [0.4, 0.5) is 0 Å². The summed E-state index contributed by atoms with van der Waals surface area (Å²) >= 11 is 0. The molecule has 2 aromatic heterocycles. The van der Waals surface area contributed by atoms with Crippen LogP contribution in [-0.2, 0) is 16.6 Å². The standard InChI is InChI=1S/C21H23N3O3/c25-18(10-11-19-23-20(24-27-19)17-9-6-14-26-17)22-15-21(12-4-5-13-21)16-7-2-1-3-8-16/h1-3,6-9,14H,4-5,10-13,15H2,(H,22,25). The molecule has 2 heterocycles. The Morgan fingerprint density at radius 2 is 1.93 bits per heavy atom. The van der Waals surface area contributed by atoms with Crippen molar-refractivity contribution in [3.8, 4) is 11.6 Å². The van der Waals surface area contributed by atoms with Gasteiger partial charge in [-0.15, -0.1) is 0 Å². The predicted octanol–water partition coefficient (Wildman–Crippen LogP) is 3.89. The van der Waals surface area contributed by atoms with Crippen molar-refractivity contribution < 1.29 is 13.7 Å². The van der Waals surface area contributed by atoms with Gasteiger partial charge in [-0.1, -0.05) is 48.3 Å². The molecule has 140 valence electrons. The summed E-state index contributed by atoms with van der Waals surface area (Å²) < 4.78 is 10.4. The first-order chi connectivity index (χ1) is 13.3. The summed E-state index contributed by atoms with van der Waals surface area (Å²) in [5.74, 6) is 1.41. The minimum absolute atomic E-state index is 0.00922. The van der Waals surface area contributed by atoms with Gasteiger partial charge in [0.2, 0.25) is 17.6 Å². The van der Waals surface area contributed by atoms with Gasteiger partial charge in [-0.3, -0.25) is 4.79 Å². The van der Waals surface area contributed by atoms with Crippen LogP contribution in [0.15, 0.2) is 57.7 Å². The molecule has 0 aliphatic heterocycles. The average Bonchev–Trinajstić information content (AvgIpc) is 3.47. The molecule has 6 nitrogen and oxygen atoms in total. The lowest BCUT2D eigenvalue weighted by atomic mass is 9.79. The van der Waals surface area contributed by atoms with E-state index in [2.05, 4.69) is 39.7 Å². The van der Waals surface area contributed by atoms with Gasteiger partial charge in [0.15, 0.2) is 5.76 Å². The molecule has 6 heteroatoms. The minimum atomic E-state index is 0.00922. The van der Waals surface area contributed by atoms with Crippen molar-refractivity contribution in [1.29, 1.82) is 0 Å². The molecule has 1 aliphatic carbocycles. The Labute approximate surface area is 158 Å². The summed E-state index contributed by atoms with van der Waals surface area (Å²) in [6, 6.07) is 14.1. The molecule has 1 fully saturated rings. The van der Waals surface area contributed by atoms with E-state index in [9.17, 15) is 4.79 Å². The van der Waals surface area contributed by atoms with Gasteiger partial charge in [-0.05, 0) is 30.5 Å². The summed E-state index contributed by atoms with van der Waals surface area (Å²) in [5, 5.41) is 7.01. The number of furan rings is 1. The fourth-order valence-corrected chi connectivity index (χ4v) is 3.85. The third kappa shape index (κ3) is 3.94. The molecule has 1 saturated carbocycles. The second kappa shape index (κ2) is 7.78. The number of nitrogens with one attached hydrogen (secondary N) is 1. The van der Waals surface area contributed by atoms with Gasteiger partial charge in [-0.2, -0.15) is 4.98 Å². The maximum atomic E-state index is 12.4. The van der Waals surface area contributed by atoms with E-state index in [0.29, 0.717) is 36.9 Å². The van der Waals surface area contributed by atoms with E-state index in [-0.39, 0.29) is 11.3 Å². The topological polar surface area (TPSA) is 81.2 Å². The van der Waals surface area contributed by atoms with Gasteiger partial charge in [0.05, 0.1) is 6.26 Å². The number of rotatable bonds is 7. The van der Waals surface area contributed by atoms with E-state index >= 15 is 0 Å². The Morgan fingerprint density at radius 3 is 2.67 bits per heavy atom. The zero-order valence-corrected chi connectivity index (χ0v) is 15.2. The lowest BCUT2D eigenvalue weighted by molar-refractivity contribution is -0.121. The molecular weight excluding hydrogens is 342 g/mol. The largest absolute Gasteiger partial charge is 0.461 e. The summed E-state index contributed by atoms with van der Waals surface area (Å²) in [5.41, 5.74) is 1.39. The Morgan fingerprint density at radius 1 is 1.11 bits per heavy atom. The molecular formula is C21H23N3O3. The van der Waals surface area contributed by atoms with E-state index in [1.165, 1.54) is 18.4 Å². The summed E-state index contributed by atoms with van der Waals surface area (Å²) in [4.78, 5) is 16.6. The molecule has 0 bridgehead atoms. The molecule has 0 atom stereocenters. The van der Waals surface area contributed by atoms with Gasteiger partial charge >= 0.3 is 0 Å². The Hall–Kier alpha value is -2.89. The van der Waals surface area contributed by atoms with Crippen molar-refractivity contribution in [2.24, 2.45) is 0 Å². The van der Waals surface area contributed by atoms with Crippen LogP contribution in [-0.4, -0.2) is 22.6 Å². The Balaban J connectivity index is 1.32. The Bertz CT molecular complexity index is 865. The number of benzene rings is 1. The highest BCUT2D eigenvalue weighted by atomic mass is 16.5. The van der Waals surface area contributed by atoms with Crippen LogP contribution in [0.5, 0.6) is 0 Å². The molecule has 1 aromatic carbocycles. The van der Waals surface area contributed by atoms with Gasteiger partial charge in [0.1, 0.15) is 0 Å². The normalized spacial score (nSPS) is 15.7. The van der Waals surface area contributed by atoms with E-state index in [1.807, 2.05) is 6.07 Å². The fraction of sp³-hybridized carbons (Fsp3) is 0.381. The molecule has 1 amide bonds. The summed E-state index contributed by atoms with van der Waals surface area (Å²) in [7, 11) is 0. The molecule has 27 heavy (non-hydrogen) atoms. The second-order valence-electron chi connectivity index (χ2n) is 7.12. The third-order valence-corrected chi connectivity index (χ3v) is 5.35. The molecule has 3 aromatic rings. The highest BCUT2D eigenvalue weighted by Gasteiger charge is 2.35. The molecule has 1 N–H and O–H groups in total. The van der Waals surface area contributed by atoms with E-state index < -0.39 is 0 Å². The smallest absolute Gasteiger partial charge is 0.238 e. The van der Waals surface area contributed by atoms with Gasteiger partial charge < -0.3 is 14.3 Å². The monoisotopic (exact) mass is 365 g/mol. The van der Waals surface area contributed by atoms with Crippen LogP contribution >= 0.6 is 0 Å². The van der Waals surface area contributed by atoms with Crippen molar-refractivity contribution in [2.45, 2.75) is 43.9 Å². The van der Waals surface area contributed by atoms with Crippen molar-refractivity contribution in [2.75, 3.05) is 6.54 Å². The lowest BCUT2D eigenvalue weighted by Crippen LogP contribution is -2.39. The first-order valence-corrected chi connectivity index (χ1v) is 9.44. The van der Waals surface area contributed by atoms with Crippen molar-refractivity contribution in [3.05, 3.63) is 60.2 Å². The van der Waals surface area contributed by atoms with Crippen LogP contribution in [0.3, 0.4) is 0 Å². The van der Waals surface area contributed by atoms with Crippen molar-refractivity contribution in [3.63, 3.8) is 0 Å². The first kappa shape index (κ1) is 17.5. The minimum Gasteiger partial charge on any atom is -0.461 e. The van der Waals surface area contributed by atoms with Gasteiger partial charge in [0.25, 0.3) is 0 Å². The number of amides is 1. The number of hydrogen-bond acceptors (Lipinski definition) is 5. The quantitative estimate of drug-likeness (QED) is 0.687. The zero-order chi connectivity index (χ0) is 18.5. The summed E-state index contributed by atoms with van der Waals surface area (Å²) in [6.07, 6.45) is 6.96. The van der Waals surface area contributed by atoms with Gasteiger partial charge in [-0.25, -0.2) is 0 Å². The SMILES string of the molecule is O=C(CCc1nc(-c2ccco2)no1)NCC1(c2ccccc2)CCCC1. The number of aryl methyl sites for hydroxylation is 1. The number of hydrogen-bond donors (Lipinski definition) is 1. The zero-order valence-electron chi connectivity index (χ0n) is 15.2. The van der Waals surface area contributed by atoms with E-state index in [0.717, 1.165) is 12.8 Å². The van der Waals surface area contributed by atoms with Crippen molar-refractivity contribution >= 4 is 5.91 Å². The molecule has 0 unspecified atom stereocenters. The molecule has 1 aliphatic rings. The van der Waals surface area contributed by atoms with E-state index in [4.69, 9.17) is 8.94 Å². The van der Waals surface area contributed by atoms with Crippen LogP contribution in [0.2, 0.25) is 0 Å². The highest BCUT2D eigenvalue weighted by Crippen LogP contribution is 2.40. The van der Waals surface area contributed by atoms with Crippen LogP contribution in [0.25, 0.3) is 11.6 Å². The van der Waals surface area contributed by atoms with Crippen LogP contribution < -0.4 is 5.32 Å². The van der Waals surface area contributed by atoms with Crippen LogP contribution in [0, 0.1) is 0 Å². The van der Waals surface area contributed by atoms with E-state index in [1.54, 1.807) is 18.4 Å². The number of nitrogens with zero attached hydrogens (tertiary/aromatic N) is 2. The maximum absolute atomic E-state index is 12.4. The molecule has 0 spiro atoms. The second-order valence-corrected chi connectivity index (χ2v) is 7.12. The van der Waals surface area contributed by atoms with Crippen molar-refractivity contribution in [1.82, 2.24) is 15.5 Å². The lowest BCUT2D eigenvalue weighted by Gasteiger charge is -2.30. The third-order valence-electron chi connectivity index (χ3n) is 5.35. The number of aromatic nitrogens is 2. The molecule has 0 saturated heterocycles. The first-order valence-electron chi connectivity index (χ1n) is 9.44.